The van der Waals surface area contributed by atoms with Crippen LogP contribution < -0.4 is 16.5 Å². The lowest BCUT2D eigenvalue weighted by atomic mass is 10.3. The Balaban J connectivity index is 4.22. The number of hydrogen-bond donors (Lipinski definition) is 3. The fraction of sp³-hybridized carbons (Fsp3) is 0.556. The summed E-state index contributed by atoms with van der Waals surface area (Å²) in [5.74, 6) is -0.323. The zero-order chi connectivity index (χ0) is 19.8. The van der Waals surface area contributed by atoms with Gasteiger partial charge >= 0.3 is 0 Å². The second-order valence-corrected chi connectivity index (χ2v) is 5.74. The molecular formula is C18H32FN5O2. The third-order valence-electron chi connectivity index (χ3n) is 3.40. The number of allylic oxidation sites excluding steroid dienone is 5. The number of amides is 2. The Morgan fingerprint density at radius 2 is 2.08 bits per heavy atom. The van der Waals surface area contributed by atoms with Gasteiger partial charge in [0, 0.05) is 33.1 Å². The number of carbonyl (C=O) groups excluding carboxylic acids is 2. The number of nitrogens with one attached hydrogen (secondary N) is 2. The predicted octanol–water partition coefficient (Wildman–Crippen LogP) is 1.07. The van der Waals surface area contributed by atoms with Crippen LogP contribution in [-0.2, 0) is 9.59 Å². The molecule has 0 aliphatic heterocycles. The van der Waals surface area contributed by atoms with Crippen molar-refractivity contribution in [3.63, 3.8) is 0 Å². The molecule has 0 aromatic carbocycles. The first-order valence-electron chi connectivity index (χ1n) is 8.77. The molecule has 8 heteroatoms. The molecule has 26 heavy (non-hydrogen) atoms. The van der Waals surface area contributed by atoms with E-state index in [1.54, 1.807) is 30.1 Å². The summed E-state index contributed by atoms with van der Waals surface area (Å²) in [4.78, 5) is 24.4. The van der Waals surface area contributed by atoms with Gasteiger partial charge in [-0.2, -0.15) is 0 Å². The smallest absolute Gasteiger partial charge is 0.224 e. The van der Waals surface area contributed by atoms with Crippen LogP contribution >= 0.6 is 0 Å². The van der Waals surface area contributed by atoms with Crippen molar-refractivity contribution in [1.82, 2.24) is 20.7 Å². The van der Waals surface area contributed by atoms with Crippen LogP contribution in [0.2, 0.25) is 0 Å². The quantitative estimate of drug-likeness (QED) is 0.184. The highest BCUT2D eigenvalue weighted by molar-refractivity contribution is 5.76. The van der Waals surface area contributed by atoms with Crippen molar-refractivity contribution >= 4 is 12.3 Å². The number of halogens is 1. The van der Waals surface area contributed by atoms with E-state index < -0.39 is 6.17 Å². The molecule has 0 bridgehead atoms. The standard InChI is InChI=1S/C18H32FN5O2/c1-4-8-16(19)9-6-7-11-22-23(3)13-10-18(26)24(12-5-2)14-17(20)21-15-25/h4,6-9,15,17,22H,5,10-14,20H2,1-3H3,(H,21,25)/b7-6+,8-4-,16-9+. The molecule has 148 valence electrons. The van der Waals surface area contributed by atoms with Crippen LogP contribution in [0.3, 0.4) is 0 Å². The van der Waals surface area contributed by atoms with E-state index in [0.717, 1.165) is 6.42 Å². The summed E-state index contributed by atoms with van der Waals surface area (Å²) in [6.45, 7) is 5.66. The minimum absolute atomic E-state index is 0.0180. The lowest BCUT2D eigenvalue weighted by Gasteiger charge is -2.26. The normalized spacial score (nSPS) is 13.5. The van der Waals surface area contributed by atoms with Crippen molar-refractivity contribution < 1.29 is 14.0 Å². The molecule has 0 aliphatic carbocycles. The number of nitrogens with zero attached hydrogens (tertiary/aromatic N) is 2. The van der Waals surface area contributed by atoms with E-state index in [4.69, 9.17) is 5.73 Å². The number of hydrazine groups is 1. The molecule has 2 amide bonds. The zero-order valence-electron chi connectivity index (χ0n) is 16.0. The van der Waals surface area contributed by atoms with E-state index >= 15 is 0 Å². The van der Waals surface area contributed by atoms with Gasteiger partial charge < -0.3 is 16.0 Å². The minimum atomic E-state index is -0.569. The summed E-state index contributed by atoms with van der Waals surface area (Å²) < 4.78 is 13.1. The molecule has 1 atom stereocenters. The molecule has 0 spiro atoms. The summed E-state index contributed by atoms with van der Waals surface area (Å²) in [6, 6.07) is 0. The molecule has 0 aromatic rings. The van der Waals surface area contributed by atoms with Gasteiger partial charge in [0.2, 0.25) is 12.3 Å². The highest BCUT2D eigenvalue weighted by Crippen LogP contribution is 1.99. The Kier molecular flexibility index (Phi) is 14.1. The van der Waals surface area contributed by atoms with Gasteiger partial charge in [-0.1, -0.05) is 25.2 Å². The zero-order valence-corrected chi connectivity index (χ0v) is 16.0. The van der Waals surface area contributed by atoms with E-state index in [2.05, 4.69) is 10.7 Å². The van der Waals surface area contributed by atoms with Gasteiger partial charge in [0.15, 0.2) is 0 Å². The number of carbonyl (C=O) groups is 2. The third-order valence-corrected chi connectivity index (χ3v) is 3.40. The largest absolute Gasteiger partial charge is 0.342 e. The summed E-state index contributed by atoms with van der Waals surface area (Å²) in [5, 5.41) is 4.25. The first-order valence-corrected chi connectivity index (χ1v) is 8.77. The van der Waals surface area contributed by atoms with Crippen LogP contribution in [0, 0.1) is 0 Å². The van der Waals surface area contributed by atoms with Crippen LogP contribution in [0.5, 0.6) is 0 Å². The van der Waals surface area contributed by atoms with Crippen LogP contribution in [0.25, 0.3) is 0 Å². The Labute approximate surface area is 155 Å². The van der Waals surface area contributed by atoms with E-state index in [0.29, 0.717) is 32.5 Å². The monoisotopic (exact) mass is 369 g/mol. The second-order valence-electron chi connectivity index (χ2n) is 5.74. The predicted molar refractivity (Wildman–Crippen MR) is 102 cm³/mol. The first-order chi connectivity index (χ1) is 12.4. The topological polar surface area (TPSA) is 90.7 Å². The van der Waals surface area contributed by atoms with Gasteiger partial charge in [0.05, 0.1) is 12.7 Å². The van der Waals surface area contributed by atoms with E-state index in [1.807, 2.05) is 19.0 Å². The Morgan fingerprint density at radius 1 is 1.35 bits per heavy atom. The lowest BCUT2D eigenvalue weighted by molar-refractivity contribution is -0.132. The molecule has 0 rings (SSSR count). The molecule has 0 aliphatic rings. The van der Waals surface area contributed by atoms with Crippen molar-refractivity contribution in [2.24, 2.45) is 5.73 Å². The van der Waals surface area contributed by atoms with Crippen molar-refractivity contribution in [3.05, 3.63) is 36.2 Å². The SMILES string of the molecule is C\C=C/C(F)=C\C=C\CNN(C)CCC(=O)N(CCC)CC(N)NC=O. The van der Waals surface area contributed by atoms with Crippen molar-refractivity contribution in [2.45, 2.75) is 32.9 Å². The number of hydrogen-bond acceptors (Lipinski definition) is 5. The van der Waals surface area contributed by atoms with Gasteiger partial charge in [0.25, 0.3) is 0 Å². The molecule has 1 unspecified atom stereocenters. The second kappa shape index (κ2) is 15.2. The Morgan fingerprint density at radius 3 is 2.69 bits per heavy atom. The van der Waals surface area contributed by atoms with Crippen molar-refractivity contribution in [3.8, 4) is 0 Å². The van der Waals surface area contributed by atoms with Crippen LogP contribution in [-0.4, -0.2) is 61.6 Å². The van der Waals surface area contributed by atoms with E-state index in [9.17, 15) is 14.0 Å². The molecule has 0 saturated heterocycles. The maximum Gasteiger partial charge on any atom is 0.224 e. The van der Waals surface area contributed by atoms with Gasteiger partial charge in [-0.25, -0.2) is 9.40 Å². The molecular weight excluding hydrogens is 337 g/mol. The minimum Gasteiger partial charge on any atom is -0.342 e. The van der Waals surface area contributed by atoms with Gasteiger partial charge in [-0.05, 0) is 25.5 Å². The van der Waals surface area contributed by atoms with E-state index in [1.165, 1.54) is 12.2 Å². The Hall–Kier alpha value is -2.03. The molecule has 0 saturated carbocycles. The molecule has 4 N–H and O–H groups in total. The highest BCUT2D eigenvalue weighted by atomic mass is 19.1. The molecule has 0 aromatic heterocycles. The first kappa shape index (κ1) is 24.0. The average molecular weight is 369 g/mol. The summed E-state index contributed by atoms with van der Waals surface area (Å²) >= 11 is 0. The van der Waals surface area contributed by atoms with Crippen LogP contribution in [0.1, 0.15) is 26.7 Å². The number of nitrogens with two attached hydrogens (primary N) is 1. The van der Waals surface area contributed by atoms with E-state index in [-0.39, 0.29) is 18.3 Å². The molecule has 7 nitrogen and oxygen atoms in total. The summed E-state index contributed by atoms with van der Waals surface area (Å²) in [5.41, 5.74) is 8.84. The Bertz CT molecular complexity index is 494. The summed E-state index contributed by atoms with van der Waals surface area (Å²) in [7, 11) is 1.83. The molecule has 0 heterocycles. The third kappa shape index (κ3) is 12.3. The van der Waals surface area contributed by atoms with Crippen molar-refractivity contribution in [2.75, 3.05) is 33.2 Å². The maximum absolute atomic E-state index is 13.1. The fourth-order valence-corrected chi connectivity index (χ4v) is 2.12. The van der Waals surface area contributed by atoms with Gasteiger partial charge in [-0.3, -0.25) is 15.0 Å². The summed E-state index contributed by atoms with van der Waals surface area (Å²) in [6.07, 6.45) is 8.92. The fourth-order valence-electron chi connectivity index (χ4n) is 2.12. The lowest BCUT2D eigenvalue weighted by Crippen LogP contribution is -2.49. The highest BCUT2D eigenvalue weighted by Gasteiger charge is 2.16. The average Bonchev–Trinajstić information content (AvgIpc) is 2.59. The van der Waals surface area contributed by atoms with Gasteiger partial charge in [0.1, 0.15) is 5.83 Å². The maximum atomic E-state index is 13.1. The van der Waals surface area contributed by atoms with Crippen LogP contribution in [0.15, 0.2) is 36.2 Å². The molecule has 0 fully saturated rings. The molecule has 0 radical (unpaired) electrons. The van der Waals surface area contributed by atoms with Crippen molar-refractivity contribution in [1.29, 1.82) is 0 Å². The van der Waals surface area contributed by atoms with Crippen LogP contribution in [0.4, 0.5) is 4.39 Å². The van der Waals surface area contributed by atoms with Gasteiger partial charge in [-0.15, -0.1) is 0 Å². The number of rotatable bonds is 14.